The third kappa shape index (κ3) is 7.10. The average molecular weight is 665 g/mol. The van der Waals surface area contributed by atoms with Crippen LogP contribution in [0, 0.1) is 5.82 Å². The number of hydrogen-bond acceptors (Lipinski definition) is 8. The van der Waals surface area contributed by atoms with Crippen molar-refractivity contribution in [1.29, 1.82) is 0 Å². The molecule has 7 rings (SSSR count). The molecule has 2 aliphatic heterocycles. The zero-order valence-corrected chi connectivity index (χ0v) is 24.9. The van der Waals surface area contributed by atoms with Crippen LogP contribution in [0.4, 0.5) is 29.6 Å². The first kappa shape index (κ1) is 30.9. The van der Waals surface area contributed by atoms with Crippen LogP contribution in [-0.4, -0.2) is 59.0 Å². The Bertz CT molecular complexity index is 1840. The van der Waals surface area contributed by atoms with Crippen molar-refractivity contribution < 1.29 is 31.2 Å². The molecule has 5 aromatic rings. The Hall–Kier alpha value is -4.07. The summed E-state index contributed by atoms with van der Waals surface area (Å²) in [5.74, 6) is -2.19. The van der Waals surface area contributed by atoms with Gasteiger partial charge in [-0.05, 0) is 55.8 Å². The Kier molecular flexibility index (Phi) is 8.76. The standard InChI is InChI=1S/C19H14ClF4N3O2.C11H12ClN3O/c20-10-4-5-14-15(8-10)29-18(26-14)25-11-6-7-27(9-11)17(28)16-12(19(22,23)24)2-1-3-13(16)21;12-7-1-2-9-10(5-7)16-11(15-9)14-8-3-4-13-6-8/h1-5,8,11H,6-7,9H2,(H,25,26);1-2,5,8,13H,3-4,6H2,(H,14,15)/t11-;8-/m11/s1. The maximum atomic E-state index is 14.1. The summed E-state index contributed by atoms with van der Waals surface area (Å²) < 4.78 is 64.8. The number of alkyl halides is 3. The van der Waals surface area contributed by atoms with E-state index in [-0.39, 0.29) is 25.1 Å². The van der Waals surface area contributed by atoms with Crippen molar-refractivity contribution in [2.24, 2.45) is 0 Å². The predicted octanol–water partition coefficient (Wildman–Crippen LogP) is 7.22. The number of nitrogens with one attached hydrogen (secondary N) is 3. The molecule has 3 N–H and O–H groups in total. The van der Waals surface area contributed by atoms with Crippen molar-refractivity contribution in [3.8, 4) is 0 Å². The molecule has 9 nitrogen and oxygen atoms in total. The molecule has 45 heavy (non-hydrogen) atoms. The van der Waals surface area contributed by atoms with Gasteiger partial charge in [-0.3, -0.25) is 4.79 Å². The molecule has 2 saturated heterocycles. The molecular weight excluding hydrogens is 639 g/mol. The minimum Gasteiger partial charge on any atom is -0.423 e. The number of carbonyl (C=O) groups excluding carboxylic acids is 1. The number of oxazole rings is 2. The van der Waals surface area contributed by atoms with Crippen molar-refractivity contribution in [1.82, 2.24) is 20.2 Å². The van der Waals surface area contributed by atoms with E-state index in [9.17, 15) is 22.4 Å². The van der Waals surface area contributed by atoms with Gasteiger partial charge in [-0.2, -0.15) is 23.1 Å². The number of aromatic nitrogens is 2. The smallest absolute Gasteiger partial charge is 0.417 e. The van der Waals surface area contributed by atoms with Crippen LogP contribution < -0.4 is 16.0 Å². The second kappa shape index (κ2) is 12.7. The van der Waals surface area contributed by atoms with E-state index < -0.39 is 29.0 Å². The van der Waals surface area contributed by atoms with Crippen LogP contribution in [0.2, 0.25) is 10.0 Å². The molecule has 236 valence electrons. The SMILES string of the molecule is Clc1ccc2nc(N[C@@H]3CCNC3)oc2c1.O=C(c1c(F)cccc1C(F)(F)F)N1CC[C@@H](Nc2nc3ccc(Cl)cc3o2)C1. The summed E-state index contributed by atoms with van der Waals surface area (Å²) in [6, 6.07) is 13.8. The summed E-state index contributed by atoms with van der Waals surface area (Å²) in [7, 11) is 0. The Morgan fingerprint density at radius 3 is 2.11 bits per heavy atom. The summed E-state index contributed by atoms with van der Waals surface area (Å²) in [5.41, 5.74) is 0.377. The van der Waals surface area contributed by atoms with Crippen LogP contribution in [0.1, 0.15) is 28.8 Å². The highest BCUT2D eigenvalue weighted by Crippen LogP contribution is 2.34. The lowest BCUT2D eigenvalue weighted by molar-refractivity contribution is -0.138. The molecule has 0 saturated carbocycles. The van der Waals surface area contributed by atoms with Crippen LogP contribution in [0.15, 0.2) is 63.4 Å². The maximum Gasteiger partial charge on any atom is 0.417 e. The molecule has 2 atom stereocenters. The number of likely N-dealkylation sites (tertiary alicyclic amines) is 1. The lowest BCUT2D eigenvalue weighted by atomic mass is 10.1. The fourth-order valence-corrected chi connectivity index (χ4v) is 5.57. The zero-order chi connectivity index (χ0) is 31.7. The largest absolute Gasteiger partial charge is 0.423 e. The van der Waals surface area contributed by atoms with E-state index in [1.807, 2.05) is 12.1 Å². The maximum absolute atomic E-state index is 14.1. The number of halogens is 6. The highest BCUT2D eigenvalue weighted by atomic mass is 35.5. The third-order valence-electron chi connectivity index (χ3n) is 7.42. The number of hydrogen-bond donors (Lipinski definition) is 3. The first-order valence-corrected chi connectivity index (χ1v) is 14.8. The summed E-state index contributed by atoms with van der Waals surface area (Å²) in [4.78, 5) is 22.4. The van der Waals surface area contributed by atoms with E-state index in [4.69, 9.17) is 32.0 Å². The second-order valence-corrected chi connectivity index (χ2v) is 11.5. The normalized spacial score (nSPS) is 18.3. The van der Waals surface area contributed by atoms with Gasteiger partial charge < -0.3 is 29.7 Å². The van der Waals surface area contributed by atoms with Crippen LogP contribution in [0.5, 0.6) is 0 Å². The highest BCUT2D eigenvalue weighted by molar-refractivity contribution is 6.31. The van der Waals surface area contributed by atoms with E-state index in [0.29, 0.717) is 45.7 Å². The zero-order valence-electron chi connectivity index (χ0n) is 23.4. The predicted molar refractivity (Wildman–Crippen MR) is 162 cm³/mol. The number of benzene rings is 3. The molecule has 15 heteroatoms. The number of anilines is 2. The van der Waals surface area contributed by atoms with Crippen molar-refractivity contribution >= 4 is 63.3 Å². The summed E-state index contributed by atoms with van der Waals surface area (Å²) in [6.45, 7) is 2.27. The average Bonchev–Trinajstić information content (AvgIpc) is 3.80. The number of nitrogens with zero attached hydrogens (tertiary/aromatic N) is 3. The number of fused-ring (bicyclic) bond motifs is 2. The van der Waals surface area contributed by atoms with E-state index in [1.54, 1.807) is 24.3 Å². The Labute approximate surface area is 263 Å². The molecule has 3 aromatic carbocycles. The molecule has 4 heterocycles. The second-order valence-electron chi connectivity index (χ2n) is 10.6. The minimum absolute atomic E-state index is 0.0872. The van der Waals surface area contributed by atoms with E-state index in [0.717, 1.165) is 42.7 Å². The van der Waals surface area contributed by atoms with Gasteiger partial charge in [0.2, 0.25) is 0 Å². The van der Waals surface area contributed by atoms with Gasteiger partial charge in [-0.15, -0.1) is 0 Å². The monoisotopic (exact) mass is 664 g/mol. The van der Waals surface area contributed by atoms with Crippen molar-refractivity contribution in [3.05, 3.63) is 81.6 Å². The van der Waals surface area contributed by atoms with Gasteiger partial charge in [0.15, 0.2) is 11.2 Å². The molecule has 0 spiro atoms. The van der Waals surface area contributed by atoms with Gasteiger partial charge >= 0.3 is 6.18 Å². The third-order valence-corrected chi connectivity index (χ3v) is 7.90. The lowest BCUT2D eigenvalue weighted by Gasteiger charge is -2.20. The van der Waals surface area contributed by atoms with Crippen LogP contribution >= 0.6 is 23.2 Å². The lowest BCUT2D eigenvalue weighted by Crippen LogP contribution is -2.33. The van der Waals surface area contributed by atoms with E-state index >= 15 is 0 Å². The summed E-state index contributed by atoms with van der Waals surface area (Å²) in [5, 5.41) is 10.7. The van der Waals surface area contributed by atoms with Gasteiger partial charge in [0, 0.05) is 53.9 Å². The fourth-order valence-electron chi connectivity index (χ4n) is 5.25. The topological polar surface area (TPSA) is 108 Å². The van der Waals surface area contributed by atoms with Gasteiger partial charge in [-0.25, -0.2) is 4.39 Å². The molecular formula is C30H26Cl2F4N6O3. The molecule has 2 aromatic heterocycles. The van der Waals surface area contributed by atoms with Crippen LogP contribution in [0.3, 0.4) is 0 Å². The quantitative estimate of drug-likeness (QED) is 0.169. The number of carbonyl (C=O) groups is 1. The van der Waals surface area contributed by atoms with Gasteiger partial charge in [0.25, 0.3) is 17.9 Å². The molecule has 0 radical (unpaired) electrons. The Balaban J connectivity index is 0.000000187. The van der Waals surface area contributed by atoms with Gasteiger partial charge in [-0.1, -0.05) is 29.3 Å². The first-order valence-electron chi connectivity index (χ1n) is 14.0. The first-order chi connectivity index (χ1) is 21.5. The van der Waals surface area contributed by atoms with Crippen LogP contribution in [0.25, 0.3) is 22.2 Å². The van der Waals surface area contributed by atoms with Gasteiger partial charge in [0.1, 0.15) is 16.9 Å². The van der Waals surface area contributed by atoms with Crippen molar-refractivity contribution in [2.45, 2.75) is 31.1 Å². The molecule has 0 unspecified atom stereocenters. The molecule has 0 bridgehead atoms. The Morgan fingerprint density at radius 2 is 1.53 bits per heavy atom. The molecule has 2 fully saturated rings. The number of rotatable bonds is 5. The summed E-state index contributed by atoms with van der Waals surface area (Å²) in [6.07, 6.45) is -3.29. The van der Waals surface area contributed by atoms with Crippen LogP contribution in [-0.2, 0) is 6.18 Å². The van der Waals surface area contributed by atoms with E-state index in [1.165, 1.54) is 4.90 Å². The molecule has 2 aliphatic rings. The summed E-state index contributed by atoms with van der Waals surface area (Å²) >= 11 is 11.8. The minimum atomic E-state index is -4.83. The Morgan fingerprint density at radius 1 is 0.911 bits per heavy atom. The molecule has 1 amide bonds. The fraction of sp³-hybridized carbons (Fsp3) is 0.300. The van der Waals surface area contributed by atoms with Gasteiger partial charge in [0.05, 0.1) is 11.1 Å². The highest BCUT2D eigenvalue weighted by Gasteiger charge is 2.39. The van der Waals surface area contributed by atoms with E-state index in [2.05, 4.69) is 25.9 Å². The number of amides is 1. The van der Waals surface area contributed by atoms with Crippen molar-refractivity contribution in [2.75, 3.05) is 36.8 Å². The molecule has 0 aliphatic carbocycles. The van der Waals surface area contributed by atoms with Crippen molar-refractivity contribution in [3.63, 3.8) is 0 Å².